The first-order chi connectivity index (χ1) is 5.57. The first kappa shape index (κ1) is 10.0. The maximum atomic E-state index is 9.80. The molecular formula is C10H20O2. The van der Waals surface area contributed by atoms with E-state index < -0.39 is 0 Å². The van der Waals surface area contributed by atoms with Crippen molar-refractivity contribution in [1.29, 1.82) is 0 Å². The predicted octanol–water partition coefficient (Wildman–Crippen LogP) is 1.82. The highest BCUT2D eigenvalue weighted by Gasteiger charge is 2.37. The molecule has 5 atom stereocenters. The molecule has 0 spiro atoms. The van der Waals surface area contributed by atoms with Crippen LogP contribution in [-0.2, 0) is 4.74 Å². The van der Waals surface area contributed by atoms with Crippen molar-refractivity contribution < 1.29 is 9.84 Å². The standard InChI is InChI=1S/C10H20O2/c1-5-9-10(11)7(3)6(2)8(4)12-9/h6-11H,5H2,1-4H3/t6-,7+,8-,9-,10+/m1/s1. The van der Waals surface area contributed by atoms with E-state index in [0.29, 0.717) is 11.8 Å². The van der Waals surface area contributed by atoms with Crippen LogP contribution in [0.2, 0.25) is 0 Å². The summed E-state index contributed by atoms with van der Waals surface area (Å²) in [5.74, 6) is 0.821. The number of ether oxygens (including phenoxy) is 1. The quantitative estimate of drug-likeness (QED) is 0.653. The fraction of sp³-hybridized carbons (Fsp3) is 1.00. The summed E-state index contributed by atoms with van der Waals surface area (Å²) >= 11 is 0. The summed E-state index contributed by atoms with van der Waals surface area (Å²) in [5, 5.41) is 9.80. The molecule has 2 nitrogen and oxygen atoms in total. The van der Waals surface area contributed by atoms with E-state index in [-0.39, 0.29) is 18.3 Å². The molecule has 1 aliphatic heterocycles. The van der Waals surface area contributed by atoms with Gasteiger partial charge in [0.05, 0.1) is 18.3 Å². The van der Waals surface area contributed by atoms with Crippen LogP contribution >= 0.6 is 0 Å². The summed E-state index contributed by atoms with van der Waals surface area (Å²) < 4.78 is 5.68. The molecule has 1 heterocycles. The summed E-state index contributed by atoms with van der Waals surface area (Å²) in [6, 6.07) is 0. The topological polar surface area (TPSA) is 29.5 Å². The van der Waals surface area contributed by atoms with Crippen LogP contribution in [0.4, 0.5) is 0 Å². The first-order valence-electron chi connectivity index (χ1n) is 4.91. The van der Waals surface area contributed by atoms with Gasteiger partial charge in [-0.1, -0.05) is 20.8 Å². The second-order valence-corrected chi connectivity index (χ2v) is 4.00. The lowest BCUT2D eigenvalue weighted by Gasteiger charge is -2.41. The molecule has 0 aromatic rings. The van der Waals surface area contributed by atoms with Crippen LogP contribution in [0, 0.1) is 11.8 Å². The second kappa shape index (κ2) is 3.75. The smallest absolute Gasteiger partial charge is 0.0837 e. The number of aliphatic hydroxyl groups excluding tert-OH is 1. The van der Waals surface area contributed by atoms with Crippen molar-refractivity contribution in [3.63, 3.8) is 0 Å². The number of rotatable bonds is 1. The van der Waals surface area contributed by atoms with Gasteiger partial charge >= 0.3 is 0 Å². The molecule has 0 bridgehead atoms. The number of hydrogen-bond donors (Lipinski definition) is 1. The van der Waals surface area contributed by atoms with Crippen LogP contribution in [0.3, 0.4) is 0 Å². The van der Waals surface area contributed by atoms with Gasteiger partial charge in [0.1, 0.15) is 0 Å². The van der Waals surface area contributed by atoms with Crippen LogP contribution < -0.4 is 0 Å². The SMILES string of the molecule is CC[C@H]1O[C@H](C)[C@H](C)[C@H](C)[C@@H]1O. The molecule has 0 radical (unpaired) electrons. The summed E-state index contributed by atoms with van der Waals surface area (Å²) in [5.41, 5.74) is 0. The molecule has 72 valence electrons. The van der Waals surface area contributed by atoms with Gasteiger partial charge in [0.2, 0.25) is 0 Å². The average molecular weight is 172 g/mol. The Kier molecular flexibility index (Phi) is 3.13. The summed E-state index contributed by atoms with van der Waals surface area (Å²) in [6.45, 7) is 8.40. The van der Waals surface area contributed by atoms with Crippen LogP contribution in [0.1, 0.15) is 34.1 Å². The lowest BCUT2D eigenvalue weighted by Crippen LogP contribution is -2.47. The average Bonchev–Trinajstić information content (AvgIpc) is 2.08. The van der Waals surface area contributed by atoms with Gasteiger partial charge in [-0.3, -0.25) is 0 Å². The van der Waals surface area contributed by atoms with Crippen molar-refractivity contribution >= 4 is 0 Å². The van der Waals surface area contributed by atoms with Crippen molar-refractivity contribution in [2.24, 2.45) is 11.8 Å². The van der Waals surface area contributed by atoms with Crippen molar-refractivity contribution in [2.75, 3.05) is 0 Å². The van der Waals surface area contributed by atoms with E-state index in [1.807, 2.05) is 0 Å². The Morgan fingerprint density at radius 2 is 1.75 bits per heavy atom. The Morgan fingerprint density at radius 1 is 1.17 bits per heavy atom. The lowest BCUT2D eigenvalue weighted by molar-refractivity contribution is -0.162. The molecule has 1 fully saturated rings. The highest BCUT2D eigenvalue weighted by atomic mass is 16.5. The van der Waals surface area contributed by atoms with Gasteiger partial charge in [0.15, 0.2) is 0 Å². The van der Waals surface area contributed by atoms with E-state index in [1.54, 1.807) is 0 Å². The zero-order chi connectivity index (χ0) is 9.30. The second-order valence-electron chi connectivity index (χ2n) is 4.00. The number of aliphatic hydroxyl groups is 1. The van der Waals surface area contributed by atoms with Crippen LogP contribution in [-0.4, -0.2) is 23.4 Å². The molecule has 1 aliphatic rings. The molecule has 1 N–H and O–H groups in total. The van der Waals surface area contributed by atoms with Gasteiger partial charge in [-0.05, 0) is 25.2 Å². The Labute approximate surface area is 74.9 Å². The van der Waals surface area contributed by atoms with E-state index >= 15 is 0 Å². The molecular weight excluding hydrogens is 152 g/mol. The van der Waals surface area contributed by atoms with Crippen LogP contribution in [0.15, 0.2) is 0 Å². The predicted molar refractivity (Wildman–Crippen MR) is 49.0 cm³/mol. The van der Waals surface area contributed by atoms with E-state index in [9.17, 15) is 5.11 Å². The first-order valence-corrected chi connectivity index (χ1v) is 4.91. The maximum absolute atomic E-state index is 9.80. The Hall–Kier alpha value is -0.0800. The van der Waals surface area contributed by atoms with E-state index in [2.05, 4.69) is 27.7 Å². The van der Waals surface area contributed by atoms with Crippen molar-refractivity contribution in [2.45, 2.75) is 52.4 Å². The van der Waals surface area contributed by atoms with Gasteiger partial charge in [0, 0.05) is 0 Å². The van der Waals surface area contributed by atoms with Gasteiger partial charge in [-0.15, -0.1) is 0 Å². The third-order valence-corrected chi connectivity index (χ3v) is 3.28. The van der Waals surface area contributed by atoms with E-state index in [0.717, 1.165) is 6.42 Å². The third kappa shape index (κ3) is 1.64. The molecule has 1 rings (SSSR count). The molecule has 0 saturated carbocycles. The molecule has 0 unspecified atom stereocenters. The maximum Gasteiger partial charge on any atom is 0.0837 e. The highest BCUT2D eigenvalue weighted by Crippen LogP contribution is 2.31. The fourth-order valence-electron chi connectivity index (χ4n) is 1.89. The monoisotopic (exact) mass is 172 g/mol. The normalized spacial score (nSPS) is 49.2. The van der Waals surface area contributed by atoms with Crippen LogP contribution in [0.25, 0.3) is 0 Å². The van der Waals surface area contributed by atoms with Crippen molar-refractivity contribution in [1.82, 2.24) is 0 Å². The molecule has 12 heavy (non-hydrogen) atoms. The molecule has 2 heteroatoms. The molecule has 1 saturated heterocycles. The van der Waals surface area contributed by atoms with Gasteiger partial charge in [0.25, 0.3) is 0 Å². The van der Waals surface area contributed by atoms with E-state index in [1.165, 1.54) is 0 Å². The van der Waals surface area contributed by atoms with Gasteiger partial charge in [-0.25, -0.2) is 0 Å². The molecule has 0 amide bonds. The zero-order valence-electron chi connectivity index (χ0n) is 8.45. The largest absolute Gasteiger partial charge is 0.390 e. The molecule has 0 aromatic heterocycles. The molecule has 0 aromatic carbocycles. The lowest BCUT2D eigenvalue weighted by atomic mass is 9.81. The van der Waals surface area contributed by atoms with Crippen LogP contribution in [0.5, 0.6) is 0 Å². The summed E-state index contributed by atoms with van der Waals surface area (Å²) in [7, 11) is 0. The van der Waals surface area contributed by atoms with E-state index in [4.69, 9.17) is 4.74 Å². The Morgan fingerprint density at radius 3 is 2.25 bits per heavy atom. The zero-order valence-corrected chi connectivity index (χ0v) is 8.45. The minimum atomic E-state index is -0.277. The van der Waals surface area contributed by atoms with Gasteiger partial charge < -0.3 is 9.84 Å². The summed E-state index contributed by atoms with van der Waals surface area (Å²) in [4.78, 5) is 0. The molecule has 0 aliphatic carbocycles. The highest BCUT2D eigenvalue weighted by molar-refractivity contribution is 4.85. The Bertz CT molecular complexity index is 142. The van der Waals surface area contributed by atoms with Crippen molar-refractivity contribution in [3.05, 3.63) is 0 Å². The fourth-order valence-corrected chi connectivity index (χ4v) is 1.89. The third-order valence-electron chi connectivity index (χ3n) is 3.28. The van der Waals surface area contributed by atoms with Gasteiger partial charge in [-0.2, -0.15) is 0 Å². The van der Waals surface area contributed by atoms with Crippen molar-refractivity contribution in [3.8, 4) is 0 Å². The summed E-state index contributed by atoms with van der Waals surface area (Å²) in [6.07, 6.45) is 0.962. The Balaban J connectivity index is 2.63. The minimum absolute atomic E-state index is 0.0474. The minimum Gasteiger partial charge on any atom is -0.390 e. The number of hydrogen-bond acceptors (Lipinski definition) is 2.